The minimum absolute atomic E-state index is 0.875. The van der Waals surface area contributed by atoms with E-state index in [0.717, 1.165) is 39.5 Å². The zero-order valence-corrected chi connectivity index (χ0v) is 8.92. The first kappa shape index (κ1) is 11.0. The van der Waals surface area contributed by atoms with Crippen molar-refractivity contribution in [1.82, 2.24) is 0 Å². The van der Waals surface area contributed by atoms with Crippen molar-refractivity contribution in [2.75, 3.05) is 53.1 Å². The minimum Gasteiger partial charge on any atom is -0.379 e. The number of hydrogen-bond donors (Lipinski definition) is 0. The molecule has 0 spiro atoms. The Morgan fingerprint density at radius 3 is 2.46 bits per heavy atom. The molecule has 0 aromatic rings. The van der Waals surface area contributed by atoms with Crippen molar-refractivity contribution in [1.29, 1.82) is 0 Å². The summed E-state index contributed by atoms with van der Waals surface area (Å²) >= 11 is 0. The number of morpholine rings is 1. The third-order valence-corrected chi connectivity index (χ3v) is 2.89. The Bertz CT molecular complexity index is 127. The van der Waals surface area contributed by atoms with Crippen LogP contribution >= 0.6 is 0 Å². The fourth-order valence-electron chi connectivity index (χ4n) is 2.05. The Morgan fingerprint density at radius 2 is 1.92 bits per heavy atom. The van der Waals surface area contributed by atoms with Gasteiger partial charge in [0.05, 0.1) is 26.4 Å². The third kappa shape index (κ3) is 3.25. The smallest absolute Gasteiger partial charge is 0.103 e. The van der Waals surface area contributed by atoms with Crippen molar-refractivity contribution in [3.8, 4) is 0 Å². The lowest BCUT2D eigenvalue weighted by Gasteiger charge is -2.41. The summed E-state index contributed by atoms with van der Waals surface area (Å²) in [4.78, 5) is 0. The molecule has 0 bridgehead atoms. The first-order valence-corrected chi connectivity index (χ1v) is 5.25. The van der Waals surface area contributed by atoms with Crippen LogP contribution < -0.4 is 0 Å². The zero-order chi connectivity index (χ0) is 9.57. The fraction of sp³-hybridized carbons (Fsp3) is 1.00. The highest BCUT2D eigenvalue weighted by Crippen LogP contribution is 2.11. The second-order valence-corrected chi connectivity index (χ2v) is 3.84. The lowest BCUT2D eigenvalue weighted by Crippen LogP contribution is -2.56. The van der Waals surface area contributed by atoms with Gasteiger partial charge in [0.1, 0.15) is 19.6 Å². The molecule has 0 saturated carbocycles. The first-order chi connectivity index (χ1) is 6.33. The highest BCUT2D eigenvalue weighted by Gasteiger charge is 2.28. The van der Waals surface area contributed by atoms with Gasteiger partial charge in [-0.2, -0.15) is 0 Å². The van der Waals surface area contributed by atoms with Crippen LogP contribution in [0.25, 0.3) is 0 Å². The summed E-state index contributed by atoms with van der Waals surface area (Å²) in [5.74, 6) is 0. The van der Waals surface area contributed by atoms with Crippen molar-refractivity contribution in [3.63, 3.8) is 0 Å². The van der Waals surface area contributed by atoms with E-state index < -0.39 is 0 Å². The molecule has 1 aliphatic rings. The van der Waals surface area contributed by atoms with Crippen LogP contribution in [0, 0.1) is 0 Å². The Kier molecular flexibility index (Phi) is 4.70. The standard InChI is InChI=1S/C10H22NO2/c1-3-4-11(5-8-12-2)6-9-13-10-7-11/h3-10H2,1-2H3/q+1. The monoisotopic (exact) mass is 188 g/mol. The molecule has 1 aliphatic heterocycles. The number of nitrogens with zero attached hydrogens (tertiary/aromatic N) is 1. The molecule has 0 aromatic carbocycles. The van der Waals surface area contributed by atoms with Gasteiger partial charge in [-0.15, -0.1) is 0 Å². The van der Waals surface area contributed by atoms with E-state index in [4.69, 9.17) is 9.47 Å². The van der Waals surface area contributed by atoms with Crippen molar-refractivity contribution in [2.45, 2.75) is 13.3 Å². The van der Waals surface area contributed by atoms with Crippen LogP contribution in [0.5, 0.6) is 0 Å². The van der Waals surface area contributed by atoms with Gasteiger partial charge in [0.15, 0.2) is 0 Å². The molecule has 0 radical (unpaired) electrons. The lowest BCUT2D eigenvalue weighted by molar-refractivity contribution is -0.935. The lowest BCUT2D eigenvalue weighted by atomic mass is 10.2. The van der Waals surface area contributed by atoms with Crippen LogP contribution in [0.3, 0.4) is 0 Å². The third-order valence-electron chi connectivity index (χ3n) is 2.89. The van der Waals surface area contributed by atoms with Crippen molar-refractivity contribution < 1.29 is 14.0 Å². The molecule has 13 heavy (non-hydrogen) atoms. The summed E-state index contributed by atoms with van der Waals surface area (Å²) in [5.41, 5.74) is 0. The van der Waals surface area contributed by atoms with Crippen LogP contribution in [0.1, 0.15) is 13.3 Å². The quantitative estimate of drug-likeness (QED) is 0.597. The van der Waals surface area contributed by atoms with Gasteiger partial charge < -0.3 is 14.0 Å². The largest absolute Gasteiger partial charge is 0.379 e. The molecule has 0 aliphatic carbocycles. The Morgan fingerprint density at radius 1 is 1.23 bits per heavy atom. The maximum atomic E-state index is 5.39. The van der Waals surface area contributed by atoms with Crippen molar-refractivity contribution in [2.24, 2.45) is 0 Å². The van der Waals surface area contributed by atoms with E-state index in [1.807, 2.05) is 0 Å². The van der Waals surface area contributed by atoms with Crippen molar-refractivity contribution >= 4 is 0 Å². The van der Waals surface area contributed by atoms with E-state index in [9.17, 15) is 0 Å². The van der Waals surface area contributed by atoms with Crippen LogP contribution in [0.15, 0.2) is 0 Å². The molecule has 0 N–H and O–H groups in total. The zero-order valence-electron chi connectivity index (χ0n) is 8.92. The molecule has 0 amide bonds. The van der Waals surface area contributed by atoms with Gasteiger partial charge in [-0.1, -0.05) is 6.92 Å². The van der Waals surface area contributed by atoms with Crippen LogP contribution in [-0.4, -0.2) is 57.6 Å². The van der Waals surface area contributed by atoms with E-state index >= 15 is 0 Å². The SMILES string of the molecule is CCC[N+]1(CCOC)CCOCC1. The predicted molar refractivity (Wildman–Crippen MR) is 52.7 cm³/mol. The van der Waals surface area contributed by atoms with E-state index in [1.165, 1.54) is 17.4 Å². The predicted octanol–water partition coefficient (Wildman–Crippen LogP) is 0.890. The number of ether oxygens (including phenoxy) is 2. The first-order valence-electron chi connectivity index (χ1n) is 5.25. The maximum absolute atomic E-state index is 5.39. The summed E-state index contributed by atoms with van der Waals surface area (Å²) in [6.07, 6.45) is 1.25. The highest BCUT2D eigenvalue weighted by atomic mass is 16.5. The van der Waals surface area contributed by atoms with Gasteiger partial charge in [-0.25, -0.2) is 0 Å². The van der Waals surface area contributed by atoms with Gasteiger partial charge in [-0.05, 0) is 6.42 Å². The van der Waals surface area contributed by atoms with Gasteiger partial charge in [-0.3, -0.25) is 0 Å². The molecule has 0 aromatic heterocycles. The van der Waals surface area contributed by atoms with E-state index in [2.05, 4.69) is 6.92 Å². The van der Waals surface area contributed by atoms with Gasteiger partial charge in [0.25, 0.3) is 0 Å². The molecule has 1 saturated heterocycles. The Labute approximate surface area is 81.2 Å². The Hall–Kier alpha value is -0.120. The summed E-state index contributed by atoms with van der Waals surface area (Å²) in [6, 6.07) is 0. The van der Waals surface area contributed by atoms with E-state index in [-0.39, 0.29) is 0 Å². The maximum Gasteiger partial charge on any atom is 0.103 e. The second kappa shape index (κ2) is 5.58. The average Bonchev–Trinajstić information content (AvgIpc) is 2.17. The molecule has 3 nitrogen and oxygen atoms in total. The summed E-state index contributed by atoms with van der Waals surface area (Å²) in [6.45, 7) is 9.71. The average molecular weight is 188 g/mol. The molecular formula is C10H22NO2+. The van der Waals surface area contributed by atoms with Crippen LogP contribution in [0.4, 0.5) is 0 Å². The molecule has 0 unspecified atom stereocenters. The van der Waals surface area contributed by atoms with Crippen LogP contribution in [0.2, 0.25) is 0 Å². The Balaban J connectivity index is 2.40. The normalized spacial score (nSPS) is 21.7. The van der Waals surface area contributed by atoms with E-state index in [0.29, 0.717) is 0 Å². The molecular weight excluding hydrogens is 166 g/mol. The topological polar surface area (TPSA) is 18.5 Å². The molecule has 1 rings (SSSR count). The van der Waals surface area contributed by atoms with Gasteiger partial charge in [0.2, 0.25) is 0 Å². The van der Waals surface area contributed by atoms with Gasteiger partial charge in [0, 0.05) is 7.11 Å². The van der Waals surface area contributed by atoms with Crippen LogP contribution in [-0.2, 0) is 9.47 Å². The fourth-order valence-corrected chi connectivity index (χ4v) is 2.05. The van der Waals surface area contributed by atoms with Crippen molar-refractivity contribution in [3.05, 3.63) is 0 Å². The highest BCUT2D eigenvalue weighted by molar-refractivity contribution is 4.50. The number of methoxy groups -OCH3 is 1. The number of hydrogen-bond acceptors (Lipinski definition) is 2. The molecule has 78 valence electrons. The molecule has 0 atom stereocenters. The summed E-state index contributed by atoms with van der Waals surface area (Å²) < 4.78 is 11.8. The van der Waals surface area contributed by atoms with Gasteiger partial charge >= 0.3 is 0 Å². The molecule has 1 fully saturated rings. The second-order valence-electron chi connectivity index (χ2n) is 3.84. The minimum atomic E-state index is 0.875. The summed E-state index contributed by atoms with van der Waals surface area (Å²) in [5, 5.41) is 0. The number of rotatable bonds is 5. The molecule has 1 heterocycles. The summed E-state index contributed by atoms with van der Waals surface area (Å²) in [7, 11) is 1.78. The number of quaternary nitrogens is 1. The molecule has 3 heteroatoms. The van der Waals surface area contributed by atoms with E-state index in [1.54, 1.807) is 7.11 Å².